The minimum Gasteiger partial charge on any atom is -0.471 e. The number of amides is 1. The summed E-state index contributed by atoms with van der Waals surface area (Å²) in [5, 5.41) is 9.37. The molecule has 2 aliphatic heterocycles. The number of carbonyl (C=O) groups is 3. The van der Waals surface area contributed by atoms with E-state index in [0.29, 0.717) is 24.7 Å². The molecule has 0 radical (unpaired) electrons. The van der Waals surface area contributed by atoms with Crippen LogP contribution in [0.1, 0.15) is 70.6 Å². The van der Waals surface area contributed by atoms with Gasteiger partial charge in [-0.3, -0.25) is 9.59 Å². The zero-order valence-corrected chi connectivity index (χ0v) is 26.4. The minimum atomic E-state index is -3.58. The lowest BCUT2D eigenvalue weighted by Gasteiger charge is -2.34. The number of ether oxygens (including phenoxy) is 3. The van der Waals surface area contributed by atoms with E-state index in [1.54, 1.807) is 0 Å². The molecule has 1 amide bonds. The molecule has 0 N–H and O–H groups in total. The Morgan fingerprint density at radius 1 is 1.11 bits per heavy atom. The van der Waals surface area contributed by atoms with Gasteiger partial charge in [0.25, 0.3) is 0 Å². The molecule has 2 aliphatic carbocycles. The first-order valence-corrected chi connectivity index (χ1v) is 15.8. The van der Waals surface area contributed by atoms with Crippen molar-refractivity contribution in [3.63, 3.8) is 0 Å². The number of fused-ring (bicyclic) bond motifs is 7. The quantitative estimate of drug-likeness (QED) is 0.310. The third-order valence-electron chi connectivity index (χ3n) is 9.91. The second kappa shape index (κ2) is 11.9. The van der Waals surface area contributed by atoms with Gasteiger partial charge in [0.05, 0.1) is 48.7 Å². The molecule has 4 aliphatic rings. The summed E-state index contributed by atoms with van der Waals surface area (Å²) in [4.78, 5) is 50.4. The fraction of sp³-hybridized carbons (Fsp3) is 0.588. The van der Waals surface area contributed by atoms with Crippen molar-refractivity contribution in [2.24, 2.45) is 29.1 Å². The predicted octanol–water partition coefficient (Wildman–Crippen LogP) is 5.08. The van der Waals surface area contributed by atoms with E-state index < -0.39 is 58.8 Å². The second-order valence-corrected chi connectivity index (χ2v) is 14.0. The van der Waals surface area contributed by atoms with Gasteiger partial charge in [-0.15, -0.1) is 0 Å². The van der Waals surface area contributed by atoms with Crippen LogP contribution >= 0.6 is 0 Å². The fourth-order valence-electron chi connectivity index (χ4n) is 7.35. The normalized spacial score (nSPS) is 31.7. The van der Waals surface area contributed by atoms with Crippen molar-refractivity contribution in [3.8, 4) is 11.9 Å². The van der Waals surface area contributed by atoms with Crippen LogP contribution in [0, 0.1) is 40.4 Å². The van der Waals surface area contributed by atoms with Gasteiger partial charge in [0.1, 0.15) is 18.2 Å². The zero-order chi connectivity index (χ0) is 33.0. The number of methoxy groups -OCH3 is 1. The summed E-state index contributed by atoms with van der Waals surface area (Å²) in [7, 11) is 1.20. The highest BCUT2D eigenvalue weighted by molar-refractivity contribution is 5.89. The molecule has 2 bridgehead atoms. The number of halogens is 2. The number of esters is 2. The van der Waals surface area contributed by atoms with Gasteiger partial charge in [-0.05, 0) is 73.1 Å². The van der Waals surface area contributed by atoms with Crippen LogP contribution in [-0.2, 0) is 29.8 Å². The number of carbonyl (C=O) groups excluding carboxylic acids is 3. The van der Waals surface area contributed by atoms with Crippen molar-refractivity contribution in [1.29, 1.82) is 5.26 Å². The lowest BCUT2D eigenvalue weighted by atomic mass is 9.77. The van der Waals surface area contributed by atoms with E-state index in [4.69, 9.17) is 14.2 Å². The van der Waals surface area contributed by atoms with Gasteiger partial charge in [0, 0.05) is 6.42 Å². The topological polar surface area (TPSA) is 132 Å². The average Bonchev–Trinajstić information content (AvgIpc) is 3.50. The predicted molar refractivity (Wildman–Crippen MR) is 160 cm³/mol. The summed E-state index contributed by atoms with van der Waals surface area (Å²) in [6.07, 6.45) is 3.44. The summed E-state index contributed by atoms with van der Waals surface area (Å²) in [5.74, 6) is -5.58. The van der Waals surface area contributed by atoms with Crippen LogP contribution < -0.4 is 4.74 Å². The Bertz CT molecular complexity index is 1630. The summed E-state index contributed by atoms with van der Waals surface area (Å²) in [5.41, 5.74) is -0.755. The molecule has 3 fully saturated rings. The maximum atomic E-state index is 15.9. The average molecular weight is 637 g/mol. The van der Waals surface area contributed by atoms with Gasteiger partial charge in [0.2, 0.25) is 11.8 Å². The fourth-order valence-corrected chi connectivity index (χ4v) is 7.35. The highest BCUT2D eigenvalue weighted by Crippen LogP contribution is 2.58. The number of alkyl halides is 2. The molecule has 12 heteroatoms. The molecule has 0 spiro atoms. The van der Waals surface area contributed by atoms with E-state index in [2.05, 4.69) is 9.97 Å². The summed E-state index contributed by atoms with van der Waals surface area (Å²) < 4.78 is 48.9. The number of nitriles is 1. The molecular formula is C34H38F2N4O6. The molecule has 2 saturated carbocycles. The van der Waals surface area contributed by atoms with Crippen LogP contribution in [0.2, 0.25) is 0 Å². The summed E-state index contributed by atoms with van der Waals surface area (Å²) in [6.45, 7) is 5.41. The number of benzene rings is 1. The molecule has 1 saturated heterocycles. The Morgan fingerprint density at radius 3 is 2.61 bits per heavy atom. The molecule has 7 atom stereocenters. The van der Waals surface area contributed by atoms with Crippen molar-refractivity contribution in [2.45, 2.75) is 83.5 Å². The van der Waals surface area contributed by atoms with Crippen LogP contribution in [-0.4, -0.2) is 64.6 Å². The lowest BCUT2D eigenvalue weighted by Crippen LogP contribution is -2.48. The third-order valence-corrected chi connectivity index (χ3v) is 9.91. The van der Waals surface area contributed by atoms with Crippen LogP contribution in [0.4, 0.5) is 8.78 Å². The van der Waals surface area contributed by atoms with Crippen LogP contribution in [0.3, 0.4) is 0 Å². The van der Waals surface area contributed by atoms with Crippen LogP contribution in [0.5, 0.6) is 5.88 Å². The van der Waals surface area contributed by atoms with Gasteiger partial charge in [-0.1, -0.05) is 26.8 Å². The summed E-state index contributed by atoms with van der Waals surface area (Å²) in [6, 6.07) is 5.30. The Kier molecular flexibility index (Phi) is 8.23. The van der Waals surface area contributed by atoms with Gasteiger partial charge < -0.3 is 19.1 Å². The standard InChI is InChI=1S/C34H38F2N4O6/c1-33(2,3)23-15-28(41)46-27-13-19-12-22(19)21(27)7-5-6-10-34(35,36)29-30(39-25-11-18(16-37)8-9-24(25)38-29)45-20-14-26(32(43)44-4)40(17-20)31(23)42/h6,8-11,19-23,26-27H,5,7,12-15,17H2,1-4H3/b10-6+/t19-,20+,21+,22-,23+,26-,27+/m0/s1. The van der Waals surface area contributed by atoms with Gasteiger partial charge in [0.15, 0.2) is 5.69 Å². The lowest BCUT2D eigenvalue weighted by molar-refractivity contribution is -0.160. The number of hydrogen-bond acceptors (Lipinski definition) is 9. The molecule has 6 rings (SSSR count). The molecule has 3 heterocycles. The Hall–Kier alpha value is -4.14. The van der Waals surface area contributed by atoms with Gasteiger partial charge in [-0.2, -0.15) is 14.0 Å². The molecule has 0 unspecified atom stereocenters. The molecule has 1 aromatic heterocycles. The highest BCUT2D eigenvalue weighted by atomic mass is 19.3. The van der Waals surface area contributed by atoms with Gasteiger partial charge in [-0.25, -0.2) is 14.8 Å². The smallest absolute Gasteiger partial charge is 0.328 e. The van der Waals surface area contributed by atoms with Crippen molar-refractivity contribution in [1.82, 2.24) is 14.9 Å². The number of aromatic nitrogens is 2. The number of allylic oxidation sites excluding steroid dienone is 2. The van der Waals surface area contributed by atoms with E-state index in [0.717, 1.165) is 18.9 Å². The second-order valence-electron chi connectivity index (χ2n) is 14.0. The van der Waals surface area contributed by atoms with Crippen molar-refractivity contribution in [3.05, 3.63) is 41.6 Å². The van der Waals surface area contributed by atoms with Crippen molar-refractivity contribution >= 4 is 28.9 Å². The largest absolute Gasteiger partial charge is 0.471 e. The Morgan fingerprint density at radius 2 is 1.89 bits per heavy atom. The number of rotatable bonds is 1. The van der Waals surface area contributed by atoms with E-state index >= 15 is 8.78 Å². The van der Waals surface area contributed by atoms with Crippen LogP contribution in [0.25, 0.3) is 11.0 Å². The molecular weight excluding hydrogens is 598 g/mol. The van der Waals surface area contributed by atoms with E-state index in [1.807, 2.05) is 26.8 Å². The van der Waals surface area contributed by atoms with Crippen molar-refractivity contribution < 1.29 is 37.4 Å². The highest BCUT2D eigenvalue weighted by Gasteiger charge is 2.55. The monoisotopic (exact) mass is 636 g/mol. The molecule has 244 valence electrons. The molecule has 10 nitrogen and oxygen atoms in total. The van der Waals surface area contributed by atoms with Gasteiger partial charge >= 0.3 is 17.9 Å². The van der Waals surface area contributed by atoms with E-state index in [-0.39, 0.29) is 48.0 Å². The maximum absolute atomic E-state index is 15.9. The third kappa shape index (κ3) is 6.16. The first-order chi connectivity index (χ1) is 21.8. The molecule has 46 heavy (non-hydrogen) atoms. The first kappa shape index (κ1) is 31.8. The number of hydrogen-bond donors (Lipinski definition) is 0. The Labute approximate surface area is 266 Å². The maximum Gasteiger partial charge on any atom is 0.328 e. The van der Waals surface area contributed by atoms with E-state index in [9.17, 15) is 19.6 Å². The van der Waals surface area contributed by atoms with Crippen molar-refractivity contribution in [2.75, 3.05) is 13.7 Å². The first-order valence-electron chi connectivity index (χ1n) is 15.8. The molecule has 1 aromatic carbocycles. The molecule has 2 aromatic rings. The summed E-state index contributed by atoms with van der Waals surface area (Å²) >= 11 is 0. The minimum absolute atomic E-state index is 0.0478. The number of nitrogens with zero attached hydrogens (tertiary/aromatic N) is 4. The van der Waals surface area contributed by atoms with E-state index in [1.165, 1.54) is 36.3 Å². The Balaban J connectivity index is 1.42. The van der Waals surface area contributed by atoms with Crippen LogP contribution in [0.15, 0.2) is 30.4 Å². The zero-order valence-electron chi connectivity index (χ0n) is 26.4. The SMILES string of the molecule is COC(=O)[C@@H]1C[C@@H]2CN1C(=O)[C@H](C(C)(C)C)CC(=O)O[C@@H]1C[C@@H]3C[C@@H]3[C@H]1CC/C=C/C(F)(F)c1nc3ccc(C#N)cc3nc1O2.